The quantitative estimate of drug-likeness (QED) is 0.723. The number of ether oxygens (including phenoxy) is 2. The summed E-state index contributed by atoms with van der Waals surface area (Å²) < 4.78 is 11.8. The predicted molar refractivity (Wildman–Crippen MR) is 97.2 cm³/mol. The number of carbonyl (C=O) groups is 2. The van der Waals surface area contributed by atoms with E-state index < -0.39 is 17.9 Å². The molecular formula is C18H19BrN2O4. The topological polar surface area (TPSA) is 76.7 Å². The molecule has 0 saturated heterocycles. The van der Waals surface area contributed by atoms with Crippen LogP contribution in [0.15, 0.2) is 53.0 Å². The van der Waals surface area contributed by atoms with Crippen molar-refractivity contribution in [3.8, 4) is 11.5 Å². The Balaban J connectivity index is 1.72. The van der Waals surface area contributed by atoms with Gasteiger partial charge >= 0.3 is 0 Å². The summed E-state index contributed by atoms with van der Waals surface area (Å²) in [5, 5.41) is 0. The summed E-state index contributed by atoms with van der Waals surface area (Å²) in [5.74, 6) is 0.214. The summed E-state index contributed by atoms with van der Waals surface area (Å²) in [6.45, 7) is 3.32. The maximum atomic E-state index is 12.0. The fourth-order valence-corrected chi connectivity index (χ4v) is 2.16. The highest BCUT2D eigenvalue weighted by molar-refractivity contribution is 9.10. The first-order valence-electron chi connectivity index (χ1n) is 7.64. The van der Waals surface area contributed by atoms with E-state index in [2.05, 4.69) is 26.8 Å². The fraction of sp³-hybridized carbons (Fsp3) is 0.222. The molecule has 2 amide bonds. The highest BCUT2D eigenvalue weighted by atomic mass is 79.9. The van der Waals surface area contributed by atoms with E-state index in [4.69, 9.17) is 9.47 Å². The monoisotopic (exact) mass is 406 g/mol. The van der Waals surface area contributed by atoms with E-state index in [9.17, 15) is 9.59 Å². The first kappa shape index (κ1) is 18.8. The van der Waals surface area contributed by atoms with Gasteiger partial charge in [0.1, 0.15) is 11.5 Å². The third-order valence-corrected chi connectivity index (χ3v) is 3.71. The van der Waals surface area contributed by atoms with Crippen LogP contribution >= 0.6 is 15.9 Å². The smallest absolute Gasteiger partial charge is 0.279 e. The third kappa shape index (κ3) is 6.46. The Kier molecular flexibility index (Phi) is 6.82. The number of carbonyl (C=O) groups excluding carboxylic acids is 2. The zero-order valence-corrected chi connectivity index (χ0v) is 15.5. The number of aryl methyl sites for hydroxylation is 1. The lowest BCUT2D eigenvalue weighted by atomic mass is 10.2. The van der Waals surface area contributed by atoms with Gasteiger partial charge in [0.05, 0.1) is 0 Å². The van der Waals surface area contributed by atoms with E-state index in [0.717, 1.165) is 10.0 Å². The van der Waals surface area contributed by atoms with Crippen molar-refractivity contribution in [1.29, 1.82) is 0 Å². The number of hydrogen-bond acceptors (Lipinski definition) is 4. The summed E-state index contributed by atoms with van der Waals surface area (Å²) in [5.41, 5.74) is 5.63. The van der Waals surface area contributed by atoms with Gasteiger partial charge in [-0.2, -0.15) is 0 Å². The maximum Gasteiger partial charge on any atom is 0.279 e. The van der Waals surface area contributed by atoms with Gasteiger partial charge in [0.15, 0.2) is 12.7 Å². The summed E-state index contributed by atoms with van der Waals surface area (Å²) in [6, 6.07) is 14.4. The number of amides is 2. The lowest BCUT2D eigenvalue weighted by molar-refractivity contribution is -0.133. The van der Waals surface area contributed by atoms with Gasteiger partial charge in [-0.3, -0.25) is 20.4 Å². The van der Waals surface area contributed by atoms with Crippen molar-refractivity contribution in [2.75, 3.05) is 6.61 Å². The number of benzene rings is 2. The minimum Gasteiger partial charge on any atom is -0.484 e. The Morgan fingerprint density at radius 2 is 1.80 bits per heavy atom. The van der Waals surface area contributed by atoms with E-state index in [-0.39, 0.29) is 6.61 Å². The predicted octanol–water partition coefficient (Wildman–Crippen LogP) is 2.75. The Morgan fingerprint density at radius 1 is 1.08 bits per heavy atom. The molecule has 2 rings (SSSR count). The van der Waals surface area contributed by atoms with Crippen LogP contribution in [0.3, 0.4) is 0 Å². The van der Waals surface area contributed by atoms with Crippen LogP contribution in [-0.4, -0.2) is 24.5 Å². The SMILES string of the molecule is Cc1cccc(OC(C)C(=O)NNC(=O)COc2ccc(Br)cc2)c1. The standard InChI is InChI=1S/C18H19BrN2O4/c1-12-4-3-5-16(10-12)25-13(2)18(23)21-20-17(22)11-24-15-8-6-14(19)7-9-15/h3-10,13H,11H2,1-2H3,(H,20,22)(H,21,23). The molecular weight excluding hydrogens is 388 g/mol. The molecule has 25 heavy (non-hydrogen) atoms. The molecule has 2 N–H and O–H groups in total. The van der Waals surface area contributed by atoms with E-state index in [1.54, 1.807) is 37.3 Å². The average molecular weight is 407 g/mol. The molecule has 0 aromatic heterocycles. The van der Waals surface area contributed by atoms with Crippen LogP contribution < -0.4 is 20.3 Å². The van der Waals surface area contributed by atoms with E-state index in [1.807, 2.05) is 25.1 Å². The molecule has 0 aliphatic heterocycles. The number of nitrogens with one attached hydrogen (secondary N) is 2. The van der Waals surface area contributed by atoms with E-state index in [1.165, 1.54) is 0 Å². The van der Waals surface area contributed by atoms with Crippen molar-refractivity contribution in [3.05, 3.63) is 58.6 Å². The highest BCUT2D eigenvalue weighted by Crippen LogP contribution is 2.16. The van der Waals surface area contributed by atoms with Crippen molar-refractivity contribution in [2.45, 2.75) is 20.0 Å². The van der Waals surface area contributed by atoms with E-state index >= 15 is 0 Å². The van der Waals surface area contributed by atoms with E-state index in [0.29, 0.717) is 11.5 Å². The van der Waals surface area contributed by atoms with Gasteiger partial charge in [-0.25, -0.2) is 0 Å². The molecule has 0 spiro atoms. The van der Waals surface area contributed by atoms with Crippen LogP contribution in [0.5, 0.6) is 11.5 Å². The molecule has 1 atom stereocenters. The summed E-state index contributed by atoms with van der Waals surface area (Å²) in [7, 11) is 0. The van der Waals surface area contributed by atoms with Crippen LogP contribution in [-0.2, 0) is 9.59 Å². The normalized spacial score (nSPS) is 11.3. The summed E-state index contributed by atoms with van der Waals surface area (Å²) >= 11 is 3.31. The fourth-order valence-electron chi connectivity index (χ4n) is 1.90. The van der Waals surface area contributed by atoms with Crippen LogP contribution in [0.4, 0.5) is 0 Å². The largest absolute Gasteiger partial charge is 0.484 e. The number of hydrogen-bond donors (Lipinski definition) is 2. The molecule has 0 radical (unpaired) electrons. The number of rotatable bonds is 6. The Labute approximate surface area is 154 Å². The molecule has 0 bridgehead atoms. The summed E-state index contributed by atoms with van der Waals surface area (Å²) in [4.78, 5) is 23.7. The molecule has 6 nitrogen and oxygen atoms in total. The Morgan fingerprint density at radius 3 is 2.48 bits per heavy atom. The molecule has 0 aliphatic rings. The second kappa shape index (κ2) is 9.08. The van der Waals surface area contributed by atoms with Crippen LogP contribution in [0, 0.1) is 6.92 Å². The Hall–Kier alpha value is -2.54. The van der Waals surface area contributed by atoms with Crippen molar-refractivity contribution in [2.24, 2.45) is 0 Å². The number of hydrazine groups is 1. The third-order valence-electron chi connectivity index (χ3n) is 3.18. The second-order valence-corrected chi connectivity index (χ2v) is 6.27. The second-order valence-electron chi connectivity index (χ2n) is 5.36. The molecule has 0 saturated carbocycles. The van der Waals surface area contributed by atoms with Crippen molar-refractivity contribution >= 4 is 27.7 Å². The van der Waals surface area contributed by atoms with Gasteiger partial charge in [0.25, 0.3) is 11.8 Å². The molecule has 1 unspecified atom stereocenters. The van der Waals surface area contributed by atoms with Gasteiger partial charge in [0, 0.05) is 4.47 Å². The average Bonchev–Trinajstić information content (AvgIpc) is 2.59. The molecule has 0 fully saturated rings. The van der Waals surface area contributed by atoms with Gasteiger partial charge in [-0.15, -0.1) is 0 Å². The minimum absolute atomic E-state index is 0.213. The van der Waals surface area contributed by atoms with Gasteiger partial charge in [-0.05, 0) is 55.8 Å². The highest BCUT2D eigenvalue weighted by Gasteiger charge is 2.15. The number of halogens is 1. The first-order chi connectivity index (χ1) is 11.9. The molecule has 2 aromatic rings. The summed E-state index contributed by atoms with van der Waals surface area (Å²) in [6.07, 6.45) is -0.755. The molecule has 2 aromatic carbocycles. The van der Waals surface area contributed by atoms with Crippen molar-refractivity contribution in [1.82, 2.24) is 10.9 Å². The molecule has 0 aliphatic carbocycles. The minimum atomic E-state index is -0.755. The van der Waals surface area contributed by atoms with Gasteiger partial charge in [0.2, 0.25) is 0 Å². The first-order valence-corrected chi connectivity index (χ1v) is 8.44. The maximum absolute atomic E-state index is 12.0. The zero-order chi connectivity index (χ0) is 18.2. The van der Waals surface area contributed by atoms with Gasteiger partial charge < -0.3 is 9.47 Å². The van der Waals surface area contributed by atoms with Crippen LogP contribution in [0.25, 0.3) is 0 Å². The van der Waals surface area contributed by atoms with Crippen LogP contribution in [0.2, 0.25) is 0 Å². The lowest BCUT2D eigenvalue weighted by Gasteiger charge is -2.15. The Bertz CT molecular complexity index is 734. The van der Waals surface area contributed by atoms with Crippen molar-refractivity contribution < 1.29 is 19.1 Å². The molecule has 7 heteroatoms. The molecule has 0 heterocycles. The van der Waals surface area contributed by atoms with Crippen molar-refractivity contribution in [3.63, 3.8) is 0 Å². The van der Waals surface area contributed by atoms with Gasteiger partial charge in [-0.1, -0.05) is 28.1 Å². The van der Waals surface area contributed by atoms with Crippen LogP contribution in [0.1, 0.15) is 12.5 Å². The molecule has 132 valence electrons. The lowest BCUT2D eigenvalue weighted by Crippen LogP contribution is -2.48. The zero-order valence-electron chi connectivity index (χ0n) is 13.9.